The SMILES string of the molecule is CCOC(=O)CC1CCCCN1C(=O)c1ccc2nc(Cc3ccccc3F)oc2c1. The average Bonchev–Trinajstić information content (AvgIpc) is 3.17. The number of aromatic nitrogens is 1. The number of likely N-dealkylation sites (tertiary alicyclic amines) is 1. The largest absolute Gasteiger partial charge is 0.466 e. The van der Waals surface area contributed by atoms with Crippen LogP contribution in [0.2, 0.25) is 0 Å². The third kappa shape index (κ3) is 4.76. The van der Waals surface area contributed by atoms with Gasteiger partial charge < -0.3 is 14.1 Å². The van der Waals surface area contributed by atoms with Crippen molar-refractivity contribution >= 4 is 23.0 Å². The Balaban J connectivity index is 1.53. The van der Waals surface area contributed by atoms with Gasteiger partial charge in [-0.3, -0.25) is 9.59 Å². The molecule has 162 valence electrons. The number of hydrogen-bond acceptors (Lipinski definition) is 5. The number of fused-ring (bicyclic) bond motifs is 1. The fourth-order valence-corrected chi connectivity index (χ4v) is 4.04. The lowest BCUT2D eigenvalue weighted by Crippen LogP contribution is -2.45. The minimum Gasteiger partial charge on any atom is -0.466 e. The van der Waals surface area contributed by atoms with Gasteiger partial charge in [0.05, 0.1) is 19.4 Å². The molecule has 7 heteroatoms. The highest BCUT2D eigenvalue weighted by Gasteiger charge is 2.30. The highest BCUT2D eigenvalue weighted by atomic mass is 19.1. The van der Waals surface area contributed by atoms with E-state index in [1.807, 2.05) is 0 Å². The number of benzene rings is 2. The Bertz CT molecular complexity index is 1090. The van der Waals surface area contributed by atoms with E-state index in [9.17, 15) is 14.0 Å². The van der Waals surface area contributed by atoms with Crippen molar-refractivity contribution in [2.75, 3.05) is 13.2 Å². The lowest BCUT2D eigenvalue weighted by molar-refractivity contribution is -0.144. The highest BCUT2D eigenvalue weighted by Crippen LogP contribution is 2.25. The predicted molar refractivity (Wildman–Crippen MR) is 113 cm³/mol. The zero-order valence-electron chi connectivity index (χ0n) is 17.5. The molecule has 1 saturated heterocycles. The first-order valence-corrected chi connectivity index (χ1v) is 10.6. The molecular weight excluding hydrogens is 399 g/mol. The monoisotopic (exact) mass is 424 g/mol. The van der Waals surface area contributed by atoms with E-state index in [1.54, 1.807) is 48.2 Å². The normalized spacial score (nSPS) is 16.5. The maximum atomic E-state index is 13.9. The Morgan fingerprint density at radius 3 is 2.87 bits per heavy atom. The van der Waals surface area contributed by atoms with Gasteiger partial charge in [-0.25, -0.2) is 9.37 Å². The van der Waals surface area contributed by atoms with Gasteiger partial charge >= 0.3 is 5.97 Å². The van der Waals surface area contributed by atoms with E-state index in [4.69, 9.17) is 9.15 Å². The fourth-order valence-electron chi connectivity index (χ4n) is 4.04. The van der Waals surface area contributed by atoms with Gasteiger partial charge in [-0.15, -0.1) is 0 Å². The van der Waals surface area contributed by atoms with Crippen LogP contribution in [0.3, 0.4) is 0 Å². The van der Waals surface area contributed by atoms with E-state index >= 15 is 0 Å². The number of oxazole rings is 1. The average molecular weight is 424 g/mol. The summed E-state index contributed by atoms with van der Waals surface area (Å²) in [7, 11) is 0. The number of ether oxygens (including phenoxy) is 1. The van der Waals surface area contributed by atoms with Gasteiger partial charge in [0.15, 0.2) is 11.5 Å². The third-order valence-electron chi connectivity index (χ3n) is 5.57. The number of rotatable bonds is 6. The molecule has 6 nitrogen and oxygen atoms in total. The van der Waals surface area contributed by atoms with Crippen LogP contribution in [0.5, 0.6) is 0 Å². The van der Waals surface area contributed by atoms with Crippen molar-refractivity contribution in [2.45, 2.75) is 45.1 Å². The molecule has 1 aromatic heterocycles. The summed E-state index contributed by atoms with van der Waals surface area (Å²) in [5.74, 6) is -0.333. The second kappa shape index (κ2) is 9.29. The van der Waals surface area contributed by atoms with Crippen molar-refractivity contribution in [1.82, 2.24) is 9.88 Å². The van der Waals surface area contributed by atoms with Crippen LogP contribution < -0.4 is 0 Å². The Kier molecular flexibility index (Phi) is 6.30. The number of piperidine rings is 1. The van der Waals surface area contributed by atoms with Crippen molar-refractivity contribution in [2.24, 2.45) is 0 Å². The molecule has 1 aliphatic rings. The molecule has 0 spiro atoms. The van der Waals surface area contributed by atoms with Gasteiger partial charge in [0.1, 0.15) is 11.3 Å². The van der Waals surface area contributed by atoms with Crippen LogP contribution in [0.4, 0.5) is 4.39 Å². The van der Waals surface area contributed by atoms with Gasteiger partial charge in [-0.05, 0) is 56.0 Å². The number of carbonyl (C=O) groups is 2. The van der Waals surface area contributed by atoms with E-state index in [1.165, 1.54) is 6.07 Å². The molecular formula is C24H25FN2O4. The number of carbonyl (C=O) groups excluding carboxylic acids is 2. The summed E-state index contributed by atoms with van der Waals surface area (Å²) in [6.45, 7) is 2.71. The van der Waals surface area contributed by atoms with Crippen LogP contribution in [0.25, 0.3) is 11.1 Å². The van der Waals surface area contributed by atoms with Crippen LogP contribution in [0.15, 0.2) is 46.9 Å². The van der Waals surface area contributed by atoms with Crippen LogP contribution in [-0.2, 0) is 16.0 Å². The Morgan fingerprint density at radius 2 is 2.06 bits per heavy atom. The zero-order chi connectivity index (χ0) is 21.8. The Hall–Kier alpha value is -3.22. The molecule has 1 atom stereocenters. The summed E-state index contributed by atoms with van der Waals surface area (Å²) >= 11 is 0. The standard InChI is InChI=1S/C24H25FN2O4/c1-2-30-23(28)15-18-8-5-6-12-27(18)24(29)17-10-11-20-21(13-17)31-22(26-20)14-16-7-3-4-9-19(16)25/h3-4,7,9-11,13,18H,2,5-6,8,12,14-15H2,1H3. The maximum Gasteiger partial charge on any atom is 0.307 e. The predicted octanol–water partition coefficient (Wildman–Crippen LogP) is 4.51. The summed E-state index contributed by atoms with van der Waals surface area (Å²) in [5, 5.41) is 0. The van der Waals surface area contributed by atoms with Gasteiger partial charge in [-0.1, -0.05) is 18.2 Å². The molecule has 0 N–H and O–H groups in total. The second-order valence-electron chi connectivity index (χ2n) is 7.72. The highest BCUT2D eigenvalue weighted by molar-refractivity contribution is 5.97. The van der Waals surface area contributed by atoms with Gasteiger partial charge in [0, 0.05) is 18.2 Å². The minimum absolute atomic E-state index is 0.136. The summed E-state index contributed by atoms with van der Waals surface area (Å²) in [6.07, 6.45) is 3.11. The molecule has 1 unspecified atom stereocenters. The van der Waals surface area contributed by atoms with Crippen LogP contribution in [0, 0.1) is 5.82 Å². The van der Waals surface area contributed by atoms with Crippen LogP contribution in [-0.4, -0.2) is 41.0 Å². The molecule has 31 heavy (non-hydrogen) atoms. The number of hydrogen-bond donors (Lipinski definition) is 0. The summed E-state index contributed by atoms with van der Waals surface area (Å²) in [6, 6.07) is 11.5. The molecule has 0 bridgehead atoms. The molecule has 0 saturated carbocycles. The molecule has 3 aromatic rings. The lowest BCUT2D eigenvalue weighted by Gasteiger charge is -2.35. The number of esters is 1. The van der Waals surface area contributed by atoms with E-state index in [0.717, 1.165) is 19.3 Å². The summed E-state index contributed by atoms with van der Waals surface area (Å²) in [5.41, 5.74) is 2.08. The minimum atomic E-state index is -0.307. The molecule has 4 rings (SSSR count). The van der Waals surface area contributed by atoms with E-state index in [0.29, 0.717) is 41.3 Å². The zero-order valence-corrected chi connectivity index (χ0v) is 17.5. The van der Waals surface area contributed by atoms with Crippen molar-refractivity contribution in [3.05, 3.63) is 65.3 Å². The van der Waals surface area contributed by atoms with Crippen LogP contribution >= 0.6 is 0 Å². The van der Waals surface area contributed by atoms with Gasteiger partial charge in [0.2, 0.25) is 0 Å². The second-order valence-corrected chi connectivity index (χ2v) is 7.72. The maximum absolute atomic E-state index is 13.9. The molecule has 0 aliphatic carbocycles. The smallest absolute Gasteiger partial charge is 0.307 e. The molecule has 1 aliphatic heterocycles. The molecule has 1 fully saturated rings. The number of halogens is 1. The third-order valence-corrected chi connectivity index (χ3v) is 5.57. The first kappa shape index (κ1) is 21.0. The molecule has 0 radical (unpaired) electrons. The van der Waals surface area contributed by atoms with Crippen LogP contribution in [0.1, 0.15) is 54.4 Å². The summed E-state index contributed by atoms with van der Waals surface area (Å²) in [4.78, 5) is 31.3. The van der Waals surface area contributed by atoms with Crippen molar-refractivity contribution in [3.63, 3.8) is 0 Å². The Labute approximate surface area is 180 Å². The van der Waals surface area contributed by atoms with E-state index in [2.05, 4.69) is 4.98 Å². The Morgan fingerprint density at radius 1 is 1.23 bits per heavy atom. The van der Waals surface area contributed by atoms with E-state index in [-0.39, 0.29) is 36.6 Å². The lowest BCUT2D eigenvalue weighted by atomic mass is 9.98. The molecule has 1 amide bonds. The first-order valence-electron chi connectivity index (χ1n) is 10.6. The quantitative estimate of drug-likeness (QED) is 0.545. The number of nitrogens with zero attached hydrogens (tertiary/aromatic N) is 2. The number of amides is 1. The molecule has 2 heterocycles. The van der Waals surface area contributed by atoms with Gasteiger partial charge in [-0.2, -0.15) is 0 Å². The summed E-state index contributed by atoms with van der Waals surface area (Å²) < 4.78 is 24.8. The topological polar surface area (TPSA) is 72.6 Å². The van der Waals surface area contributed by atoms with Crippen molar-refractivity contribution < 1.29 is 23.1 Å². The van der Waals surface area contributed by atoms with E-state index < -0.39 is 0 Å². The van der Waals surface area contributed by atoms with Crippen molar-refractivity contribution in [3.8, 4) is 0 Å². The molecule has 2 aromatic carbocycles. The van der Waals surface area contributed by atoms with Gasteiger partial charge in [0.25, 0.3) is 5.91 Å². The fraction of sp³-hybridized carbons (Fsp3) is 0.375. The first-order chi connectivity index (χ1) is 15.0. The van der Waals surface area contributed by atoms with Crippen molar-refractivity contribution in [1.29, 1.82) is 0 Å².